The van der Waals surface area contributed by atoms with Gasteiger partial charge in [-0.1, -0.05) is 11.6 Å². The molecule has 1 aromatic heterocycles. The van der Waals surface area contributed by atoms with Crippen LogP contribution in [0.4, 0.5) is 0 Å². The van der Waals surface area contributed by atoms with Gasteiger partial charge in [-0.2, -0.15) is 0 Å². The molecule has 1 heterocycles. The van der Waals surface area contributed by atoms with Gasteiger partial charge in [-0.15, -0.1) is 0 Å². The third-order valence-corrected chi connectivity index (χ3v) is 3.87. The Bertz CT molecular complexity index is 807. The van der Waals surface area contributed by atoms with Crippen LogP contribution in [-0.2, 0) is 14.8 Å². The van der Waals surface area contributed by atoms with E-state index >= 15 is 0 Å². The summed E-state index contributed by atoms with van der Waals surface area (Å²) in [5, 5.41) is 8.01. The zero-order chi connectivity index (χ0) is 15.6. The van der Waals surface area contributed by atoms with Gasteiger partial charge in [0.1, 0.15) is 16.4 Å². The van der Waals surface area contributed by atoms with Crippen molar-refractivity contribution in [3.05, 3.63) is 29.4 Å². The van der Waals surface area contributed by atoms with Crippen LogP contribution in [0.15, 0.2) is 29.2 Å². The van der Waals surface area contributed by atoms with Crippen molar-refractivity contribution in [3.8, 4) is 5.75 Å². The summed E-state index contributed by atoms with van der Waals surface area (Å²) in [6, 6.07) is 5.61. The van der Waals surface area contributed by atoms with E-state index in [0.717, 1.165) is 0 Å². The molecule has 0 radical (unpaired) electrons. The molecule has 0 atom stereocenters. The van der Waals surface area contributed by atoms with Crippen molar-refractivity contribution in [1.29, 1.82) is 0 Å². The van der Waals surface area contributed by atoms with Gasteiger partial charge >= 0.3 is 0 Å². The minimum atomic E-state index is -3.91. The van der Waals surface area contributed by atoms with Crippen LogP contribution in [0, 0.1) is 0 Å². The molecule has 0 aliphatic heterocycles. The van der Waals surface area contributed by atoms with Gasteiger partial charge in [-0.3, -0.25) is 4.79 Å². The van der Waals surface area contributed by atoms with Gasteiger partial charge in [-0.05, 0) is 24.3 Å². The molecule has 3 N–H and O–H groups in total. The fourth-order valence-electron chi connectivity index (χ4n) is 1.72. The highest BCUT2D eigenvalue weighted by Gasteiger charge is 2.17. The highest BCUT2D eigenvalue weighted by molar-refractivity contribution is 7.89. The van der Waals surface area contributed by atoms with Crippen molar-refractivity contribution in [2.75, 3.05) is 13.7 Å². The first-order valence-corrected chi connectivity index (χ1v) is 7.71. The fraction of sp³-hybridized carbons (Fsp3) is 0.167. The van der Waals surface area contributed by atoms with E-state index in [0.29, 0.717) is 0 Å². The first kappa shape index (κ1) is 15.5. The summed E-state index contributed by atoms with van der Waals surface area (Å²) in [6.07, 6.45) is 0. The molecule has 112 valence electrons. The van der Waals surface area contributed by atoms with Crippen LogP contribution in [0.5, 0.6) is 5.75 Å². The number of nitrogens with two attached hydrogens (primary N) is 1. The lowest BCUT2D eigenvalue weighted by atomic mass is 10.2. The summed E-state index contributed by atoms with van der Waals surface area (Å²) in [7, 11) is -2.44. The molecule has 0 spiro atoms. The van der Waals surface area contributed by atoms with Gasteiger partial charge in [0.05, 0.1) is 4.90 Å². The first-order valence-electron chi connectivity index (χ1n) is 5.78. The lowest BCUT2D eigenvalue weighted by molar-refractivity contribution is -0.122. The average molecular weight is 330 g/mol. The van der Waals surface area contributed by atoms with Crippen LogP contribution in [-0.4, -0.2) is 33.0 Å². The average Bonchev–Trinajstić information content (AvgIpc) is 2.42. The normalized spacial score (nSPS) is 11.4. The molecular weight excluding hydrogens is 318 g/mol. The number of rotatable bonds is 4. The molecule has 7 nitrogen and oxygen atoms in total. The van der Waals surface area contributed by atoms with Crippen molar-refractivity contribution in [3.63, 3.8) is 0 Å². The Balaban J connectivity index is 2.58. The molecule has 2 rings (SSSR count). The Morgan fingerprint density at radius 2 is 2.10 bits per heavy atom. The van der Waals surface area contributed by atoms with E-state index in [1.807, 2.05) is 0 Å². The molecule has 0 aliphatic carbocycles. The Kier molecular flexibility index (Phi) is 4.31. The molecule has 2 aromatic rings. The number of aromatic nitrogens is 1. The number of nitrogens with one attached hydrogen (secondary N) is 1. The number of halogens is 1. The minimum absolute atomic E-state index is 0.0889. The van der Waals surface area contributed by atoms with Crippen LogP contribution in [0.25, 0.3) is 10.9 Å². The topological polar surface area (TPSA) is 111 Å². The zero-order valence-corrected chi connectivity index (χ0v) is 12.5. The Hall–Kier alpha value is -1.90. The molecule has 1 aromatic carbocycles. The summed E-state index contributed by atoms with van der Waals surface area (Å²) in [5.41, 5.74) is 0.220. The molecule has 0 unspecified atom stereocenters. The summed E-state index contributed by atoms with van der Waals surface area (Å²) < 4.78 is 28.5. The molecule has 0 saturated carbocycles. The number of amides is 1. The van der Waals surface area contributed by atoms with E-state index in [1.54, 1.807) is 0 Å². The number of sulfonamides is 1. The second kappa shape index (κ2) is 5.84. The maximum absolute atomic E-state index is 11.6. The van der Waals surface area contributed by atoms with E-state index in [2.05, 4.69) is 10.3 Å². The number of carbonyl (C=O) groups excluding carboxylic acids is 1. The number of ether oxygens (including phenoxy) is 1. The zero-order valence-electron chi connectivity index (χ0n) is 11.0. The quantitative estimate of drug-likeness (QED) is 0.800. The Morgan fingerprint density at radius 3 is 2.71 bits per heavy atom. The van der Waals surface area contributed by atoms with Gasteiger partial charge in [0.2, 0.25) is 10.0 Å². The van der Waals surface area contributed by atoms with Crippen LogP contribution in [0.1, 0.15) is 0 Å². The summed E-state index contributed by atoms with van der Waals surface area (Å²) in [6.45, 7) is -0.228. The van der Waals surface area contributed by atoms with Gasteiger partial charge in [0, 0.05) is 12.4 Å². The number of hydrogen-bond acceptors (Lipinski definition) is 5. The highest BCUT2D eigenvalue weighted by atomic mass is 35.5. The van der Waals surface area contributed by atoms with Crippen molar-refractivity contribution < 1.29 is 17.9 Å². The number of nitrogens with zero attached hydrogens (tertiary/aromatic N) is 1. The van der Waals surface area contributed by atoms with Crippen LogP contribution in [0.3, 0.4) is 0 Å². The predicted molar refractivity (Wildman–Crippen MR) is 77.7 cm³/mol. The summed E-state index contributed by atoms with van der Waals surface area (Å²) in [5.74, 6) is -0.0933. The fourth-order valence-corrected chi connectivity index (χ4v) is 2.60. The van der Waals surface area contributed by atoms with Gasteiger partial charge in [0.25, 0.3) is 5.91 Å². The summed E-state index contributed by atoms with van der Waals surface area (Å²) >= 11 is 5.82. The summed E-state index contributed by atoms with van der Waals surface area (Å²) in [4.78, 5) is 15.2. The number of likely N-dealkylation sites (N-methyl/N-ethyl adjacent to an activating group) is 1. The smallest absolute Gasteiger partial charge is 0.257 e. The van der Waals surface area contributed by atoms with Gasteiger partial charge in [-0.25, -0.2) is 18.5 Å². The standard InChI is InChI=1S/C12H12ClN3O4S/c1-15-11(17)6-20-8-3-4-9(21(14,18)19)7-2-5-10(13)16-12(7)8/h2-5H,6H2,1H3,(H,15,17)(H2,14,18,19). The first-order chi connectivity index (χ1) is 9.82. The van der Waals surface area contributed by atoms with Gasteiger partial charge in [0.15, 0.2) is 6.61 Å². The lowest BCUT2D eigenvalue weighted by Crippen LogP contribution is -2.25. The van der Waals surface area contributed by atoms with E-state index in [9.17, 15) is 13.2 Å². The predicted octanol–water partition coefficient (Wildman–Crippen LogP) is 0.660. The Morgan fingerprint density at radius 1 is 1.38 bits per heavy atom. The number of hydrogen-bond donors (Lipinski definition) is 2. The SMILES string of the molecule is CNC(=O)COc1ccc(S(N)(=O)=O)c2ccc(Cl)nc12. The molecule has 0 saturated heterocycles. The Labute approximate surface area is 126 Å². The number of carbonyl (C=O) groups is 1. The van der Waals surface area contributed by atoms with Crippen LogP contribution < -0.4 is 15.2 Å². The minimum Gasteiger partial charge on any atom is -0.481 e. The second-order valence-corrected chi connectivity index (χ2v) is 6.02. The number of benzene rings is 1. The van der Waals surface area contributed by atoms with Crippen LogP contribution >= 0.6 is 11.6 Å². The number of fused-ring (bicyclic) bond motifs is 1. The number of primary sulfonamides is 1. The molecule has 21 heavy (non-hydrogen) atoms. The van der Waals surface area contributed by atoms with Crippen LogP contribution in [0.2, 0.25) is 5.15 Å². The monoisotopic (exact) mass is 329 g/mol. The molecule has 0 bridgehead atoms. The van der Waals surface area contributed by atoms with Gasteiger partial charge < -0.3 is 10.1 Å². The maximum Gasteiger partial charge on any atom is 0.257 e. The molecule has 0 fully saturated rings. The van der Waals surface area contributed by atoms with E-state index in [1.165, 1.54) is 31.3 Å². The number of pyridine rings is 1. The lowest BCUT2D eigenvalue weighted by Gasteiger charge is -2.10. The molecule has 0 aliphatic rings. The second-order valence-electron chi connectivity index (χ2n) is 4.10. The van der Waals surface area contributed by atoms with E-state index < -0.39 is 10.0 Å². The molecule has 1 amide bonds. The van der Waals surface area contributed by atoms with E-state index in [4.69, 9.17) is 21.5 Å². The molecular formula is C12H12ClN3O4S. The van der Waals surface area contributed by atoms with Crippen molar-refractivity contribution in [2.24, 2.45) is 5.14 Å². The van der Waals surface area contributed by atoms with E-state index in [-0.39, 0.29) is 39.2 Å². The molecule has 9 heteroatoms. The third-order valence-electron chi connectivity index (χ3n) is 2.69. The third kappa shape index (κ3) is 3.41. The van der Waals surface area contributed by atoms with Crippen molar-refractivity contribution in [2.45, 2.75) is 4.90 Å². The highest BCUT2D eigenvalue weighted by Crippen LogP contribution is 2.30. The van der Waals surface area contributed by atoms with Crippen molar-refractivity contribution >= 4 is 38.4 Å². The maximum atomic E-state index is 11.6. The van der Waals surface area contributed by atoms with Crippen molar-refractivity contribution in [1.82, 2.24) is 10.3 Å². The largest absolute Gasteiger partial charge is 0.481 e.